The number of carbonyl (C=O) groups is 1. The van der Waals surface area contributed by atoms with Gasteiger partial charge in [0, 0.05) is 6.04 Å². The molecule has 0 aromatic heterocycles. The number of esters is 1. The predicted octanol–water partition coefficient (Wildman–Crippen LogP) is 1.94. The van der Waals surface area contributed by atoms with Crippen LogP contribution in [0.2, 0.25) is 0 Å². The molecule has 0 aliphatic carbocycles. The quantitative estimate of drug-likeness (QED) is 0.590. The van der Waals surface area contributed by atoms with E-state index >= 15 is 0 Å². The van der Waals surface area contributed by atoms with Gasteiger partial charge in [0.2, 0.25) is 0 Å². The third kappa shape index (κ3) is 4.18. The van der Waals surface area contributed by atoms with Gasteiger partial charge in [0.15, 0.2) is 0 Å². The molecule has 19 heavy (non-hydrogen) atoms. The highest BCUT2D eigenvalue weighted by Gasteiger charge is 2.36. The monoisotopic (exact) mass is 268 g/mol. The molecule has 0 aromatic rings. The topological polar surface area (TPSA) is 41.6 Å². The highest BCUT2D eigenvalue weighted by molar-refractivity contribution is 5.76. The van der Waals surface area contributed by atoms with Crippen molar-refractivity contribution >= 4 is 5.97 Å². The SMILES string of the molecule is CCCCCOC(=O)C1CCCN1C1CCNCC1. The van der Waals surface area contributed by atoms with Gasteiger partial charge in [-0.2, -0.15) is 0 Å². The first kappa shape index (κ1) is 14.8. The number of likely N-dealkylation sites (tertiary alicyclic amines) is 1. The smallest absolute Gasteiger partial charge is 0.323 e. The fourth-order valence-electron chi connectivity index (χ4n) is 3.24. The molecular weight excluding hydrogens is 240 g/mol. The summed E-state index contributed by atoms with van der Waals surface area (Å²) in [6.45, 7) is 6.00. The van der Waals surface area contributed by atoms with Gasteiger partial charge >= 0.3 is 5.97 Å². The Morgan fingerprint density at radius 1 is 1.26 bits per heavy atom. The third-order valence-electron chi connectivity index (χ3n) is 4.34. The molecule has 4 nitrogen and oxygen atoms in total. The van der Waals surface area contributed by atoms with Crippen LogP contribution in [0, 0.1) is 0 Å². The second-order valence-electron chi connectivity index (χ2n) is 5.75. The maximum absolute atomic E-state index is 12.2. The Kier molecular flexibility index (Phi) is 6.11. The highest BCUT2D eigenvalue weighted by atomic mass is 16.5. The Morgan fingerprint density at radius 2 is 2.05 bits per heavy atom. The lowest BCUT2D eigenvalue weighted by molar-refractivity contribution is -0.150. The minimum Gasteiger partial charge on any atom is -0.465 e. The van der Waals surface area contributed by atoms with Gasteiger partial charge in [-0.25, -0.2) is 0 Å². The number of unbranched alkanes of at least 4 members (excludes halogenated alkanes) is 2. The van der Waals surface area contributed by atoms with E-state index in [-0.39, 0.29) is 12.0 Å². The number of rotatable bonds is 6. The summed E-state index contributed by atoms with van der Waals surface area (Å²) < 4.78 is 5.45. The molecule has 2 fully saturated rings. The lowest BCUT2D eigenvalue weighted by Crippen LogP contribution is -2.48. The number of nitrogens with zero attached hydrogens (tertiary/aromatic N) is 1. The molecule has 1 unspecified atom stereocenters. The van der Waals surface area contributed by atoms with Crippen LogP contribution in [0.4, 0.5) is 0 Å². The molecule has 2 aliphatic rings. The van der Waals surface area contributed by atoms with Crippen molar-refractivity contribution in [3.8, 4) is 0 Å². The van der Waals surface area contributed by atoms with Crippen molar-refractivity contribution in [2.75, 3.05) is 26.2 Å². The first-order valence-electron chi connectivity index (χ1n) is 7.96. The van der Waals surface area contributed by atoms with E-state index in [1.807, 2.05) is 0 Å². The van der Waals surface area contributed by atoms with Crippen LogP contribution in [-0.2, 0) is 9.53 Å². The van der Waals surface area contributed by atoms with E-state index < -0.39 is 0 Å². The largest absolute Gasteiger partial charge is 0.465 e. The lowest BCUT2D eigenvalue weighted by Gasteiger charge is -2.34. The van der Waals surface area contributed by atoms with Crippen LogP contribution >= 0.6 is 0 Å². The maximum Gasteiger partial charge on any atom is 0.323 e. The number of hydrogen-bond donors (Lipinski definition) is 1. The standard InChI is InChI=1S/C15H28N2O2/c1-2-3-4-12-19-15(18)14-6-5-11-17(14)13-7-9-16-10-8-13/h13-14,16H,2-12H2,1H3. The first-order valence-corrected chi connectivity index (χ1v) is 7.96. The van der Waals surface area contributed by atoms with Gasteiger partial charge in [-0.1, -0.05) is 19.8 Å². The van der Waals surface area contributed by atoms with Gasteiger partial charge in [-0.15, -0.1) is 0 Å². The molecule has 0 aromatic carbocycles. The average Bonchev–Trinajstić information content (AvgIpc) is 2.94. The van der Waals surface area contributed by atoms with Crippen LogP contribution in [0.25, 0.3) is 0 Å². The van der Waals surface area contributed by atoms with Crippen LogP contribution in [0.5, 0.6) is 0 Å². The predicted molar refractivity (Wildman–Crippen MR) is 76.1 cm³/mol. The molecule has 2 aliphatic heterocycles. The number of piperidine rings is 1. The maximum atomic E-state index is 12.2. The first-order chi connectivity index (χ1) is 9.33. The van der Waals surface area contributed by atoms with Crippen molar-refractivity contribution in [3.63, 3.8) is 0 Å². The highest BCUT2D eigenvalue weighted by Crippen LogP contribution is 2.25. The van der Waals surface area contributed by atoms with Crippen LogP contribution in [0.3, 0.4) is 0 Å². The Labute approximate surface area is 116 Å². The van der Waals surface area contributed by atoms with Crippen molar-refractivity contribution in [3.05, 3.63) is 0 Å². The average molecular weight is 268 g/mol. The fourth-order valence-corrected chi connectivity index (χ4v) is 3.24. The summed E-state index contributed by atoms with van der Waals surface area (Å²) in [6.07, 6.45) is 7.77. The summed E-state index contributed by atoms with van der Waals surface area (Å²) in [6, 6.07) is 0.613. The second kappa shape index (κ2) is 7.85. The van der Waals surface area contributed by atoms with Crippen molar-refractivity contribution in [2.24, 2.45) is 0 Å². The Bertz CT molecular complexity index is 277. The lowest BCUT2D eigenvalue weighted by atomic mass is 10.0. The zero-order valence-corrected chi connectivity index (χ0v) is 12.2. The van der Waals surface area contributed by atoms with Gasteiger partial charge in [-0.3, -0.25) is 9.69 Å². The summed E-state index contributed by atoms with van der Waals surface area (Å²) in [5.41, 5.74) is 0. The van der Waals surface area contributed by atoms with Crippen LogP contribution in [-0.4, -0.2) is 49.2 Å². The van der Waals surface area contributed by atoms with Gasteiger partial charge in [0.1, 0.15) is 6.04 Å². The number of hydrogen-bond acceptors (Lipinski definition) is 4. The van der Waals surface area contributed by atoms with Crippen molar-refractivity contribution in [1.82, 2.24) is 10.2 Å². The third-order valence-corrected chi connectivity index (χ3v) is 4.34. The minimum atomic E-state index is 0.0205. The fraction of sp³-hybridized carbons (Fsp3) is 0.933. The summed E-state index contributed by atoms with van der Waals surface area (Å²) >= 11 is 0. The molecule has 2 saturated heterocycles. The van der Waals surface area contributed by atoms with E-state index in [0.29, 0.717) is 12.6 Å². The zero-order valence-electron chi connectivity index (χ0n) is 12.2. The van der Waals surface area contributed by atoms with E-state index in [4.69, 9.17) is 4.74 Å². The number of carbonyl (C=O) groups excluding carboxylic acids is 1. The molecule has 0 radical (unpaired) electrons. The zero-order chi connectivity index (χ0) is 13.5. The van der Waals surface area contributed by atoms with E-state index in [1.54, 1.807) is 0 Å². The Balaban J connectivity index is 1.78. The van der Waals surface area contributed by atoms with Crippen LogP contribution in [0.15, 0.2) is 0 Å². The van der Waals surface area contributed by atoms with Crippen LogP contribution in [0.1, 0.15) is 51.9 Å². The molecule has 2 heterocycles. The van der Waals surface area contributed by atoms with Crippen LogP contribution < -0.4 is 5.32 Å². The van der Waals surface area contributed by atoms with Crippen molar-refractivity contribution in [2.45, 2.75) is 64.0 Å². The molecule has 0 amide bonds. The van der Waals surface area contributed by atoms with Gasteiger partial charge in [-0.05, 0) is 51.7 Å². The summed E-state index contributed by atoms with van der Waals surface area (Å²) in [7, 11) is 0. The van der Waals surface area contributed by atoms with E-state index in [9.17, 15) is 4.79 Å². The summed E-state index contributed by atoms with van der Waals surface area (Å²) in [5, 5.41) is 3.39. The molecule has 2 rings (SSSR count). The molecule has 1 atom stereocenters. The van der Waals surface area contributed by atoms with Crippen molar-refractivity contribution < 1.29 is 9.53 Å². The van der Waals surface area contributed by atoms with Gasteiger partial charge < -0.3 is 10.1 Å². The number of ether oxygens (including phenoxy) is 1. The van der Waals surface area contributed by atoms with Crippen molar-refractivity contribution in [1.29, 1.82) is 0 Å². The number of nitrogens with one attached hydrogen (secondary N) is 1. The minimum absolute atomic E-state index is 0.0205. The van der Waals surface area contributed by atoms with E-state index in [1.165, 1.54) is 19.3 Å². The van der Waals surface area contributed by atoms with E-state index in [2.05, 4.69) is 17.1 Å². The summed E-state index contributed by atoms with van der Waals surface area (Å²) in [4.78, 5) is 14.6. The molecule has 0 spiro atoms. The summed E-state index contributed by atoms with van der Waals surface area (Å²) in [5.74, 6) is 0.0205. The normalized spacial score (nSPS) is 25.6. The van der Waals surface area contributed by atoms with Gasteiger partial charge in [0.05, 0.1) is 6.61 Å². The Hall–Kier alpha value is -0.610. The molecule has 1 N–H and O–H groups in total. The van der Waals surface area contributed by atoms with Gasteiger partial charge in [0.25, 0.3) is 0 Å². The molecular formula is C15H28N2O2. The Morgan fingerprint density at radius 3 is 2.79 bits per heavy atom. The molecule has 110 valence electrons. The molecule has 0 saturated carbocycles. The second-order valence-corrected chi connectivity index (χ2v) is 5.75. The van der Waals surface area contributed by atoms with E-state index in [0.717, 1.165) is 45.3 Å². The molecule has 4 heteroatoms. The molecule has 0 bridgehead atoms.